The van der Waals surface area contributed by atoms with Crippen molar-refractivity contribution in [3.63, 3.8) is 0 Å². The van der Waals surface area contributed by atoms with Gasteiger partial charge in [-0.25, -0.2) is 0 Å². The lowest BCUT2D eigenvalue weighted by Crippen LogP contribution is -2.41. The Morgan fingerprint density at radius 3 is 1.77 bits per heavy atom. The molecule has 0 aliphatic heterocycles. The standard InChI is InChI=1S/C17H38N4O/c1-16(2,13-20(5)6)11-18-10-9-15(22)19-12-17(3,4)14-21(7)8/h18H,9-14H2,1-8H3,(H,19,22). The van der Waals surface area contributed by atoms with Gasteiger partial charge >= 0.3 is 0 Å². The van der Waals surface area contributed by atoms with Crippen LogP contribution >= 0.6 is 0 Å². The Bertz CT molecular complexity index is 325. The molecule has 0 saturated heterocycles. The van der Waals surface area contributed by atoms with Gasteiger partial charge in [0.2, 0.25) is 5.91 Å². The van der Waals surface area contributed by atoms with E-state index in [4.69, 9.17) is 0 Å². The smallest absolute Gasteiger partial charge is 0.221 e. The Kier molecular flexibility index (Phi) is 9.20. The van der Waals surface area contributed by atoms with Gasteiger partial charge in [0.25, 0.3) is 0 Å². The van der Waals surface area contributed by atoms with Gasteiger partial charge in [-0.15, -0.1) is 0 Å². The molecule has 2 N–H and O–H groups in total. The topological polar surface area (TPSA) is 47.6 Å². The maximum Gasteiger partial charge on any atom is 0.221 e. The number of nitrogens with one attached hydrogen (secondary N) is 2. The van der Waals surface area contributed by atoms with Gasteiger partial charge in [-0.1, -0.05) is 27.7 Å². The van der Waals surface area contributed by atoms with E-state index in [1.54, 1.807) is 0 Å². The molecule has 22 heavy (non-hydrogen) atoms. The van der Waals surface area contributed by atoms with Crippen LogP contribution in [0, 0.1) is 10.8 Å². The summed E-state index contributed by atoms with van der Waals surface area (Å²) in [6, 6.07) is 0. The fourth-order valence-electron chi connectivity index (χ4n) is 2.88. The number of nitrogens with zero attached hydrogens (tertiary/aromatic N) is 2. The van der Waals surface area contributed by atoms with Crippen molar-refractivity contribution in [2.24, 2.45) is 10.8 Å². The van der Waals surface area contributed by atoms with Gasteiger partial charge in [0.1, 0.15) is 0 Å². The van der Waals surface area contributed by atoms with E-state index in [0.717, 1.165) is 32.7 Å². The van der Waals surface area contributed by atoms with Gasteiger partial charge < -0.3 is 20.4 Å². The van der Waals surface area contributed by atoms with Crippen molar-refractivity contribution >= 4 is 5.91 Å². The Balaban J connectivity index is 3.87. The van der Waals surface area contributed by atoms with Crippen molar-refractivity contribution in [1.29, 1.82) is 0 Å². The van der Waals surface area contributed by atoms with Crippen molar-refractivity contribution < 1.29 is 4.79 Å². The minimum absolute atomic E-state index is 0.0975. The van der Waals surface area contributed by atoms with E-state index < -0.39 is 0 Å². The monoisotopic (exact) mass is 314 g/mol. The molecule has 0 radical (unpaired) electrons. The van der Waals surface area contributed by atoms with Crippen molar-refractivity contribution in [1.82, 2.24) is 20.4 Å². The maximum atomic E-state index is 11.9. The van der Waals surface area contributed by atoms with Gasteiger partial charge in [-0.05, 0) is 39.0 Å². The lowest BCUT2D eigenvalue weighted by molar-refractivity contribution is -0.121. The van der Waals surface area contributed by atoms with Crippen molar-refractivity contribution in [3.05, 3.63) is 0 Å². The van der Waals surface area contributed by atoms with E-state index in [2.05, 4.69) is 76.3 Å². The van der Waals surface area contributed by atoms with Crippen LogP contribution in [-0.4, -0.2) is 76.6 Å². The fourth-order valence-corrected chi connectivity index (χ4v) is 2.88. The molecular weight excluding hydrogens is 276 g/mol. The second-order valence-electron chi connectivity index (χ2n) is 8.51. The third-order valence-corrected chi connectivity index (χ3v) is 3.39. The Morgan fingerprint density at radius 1 is 0.864 bits per heavy atom. The largest absolute Gasteiger partial charge is 0.355 e. The van der Waals surface area contributed by atoms with Gasteiger partial charge in [0, 0.05) is 39.1 Å². The molecule has 0 heterocycles. The Hall–Kier alpha value is -0.650. The molecule has 0 aromatic carbocycles. The first-order valence-corrected chi connectivity index (χ1v) is 8.20. The van der Waals surface area contributed by atoms with E-state index in [0.29, 0.717) is 6.42 Å². The maximum absolute atomic E-state index is 11.9. The molecule has 0 aromatic rings. The second kappa shape index (κ2) is 9.48. The number of hydrogen-bond acceptors (Lipinski definition) is 4. The van der Waals surface area contributed by atoms with Gasteiger partial charge in [0.15, 0.2) is 0 Å². The minimum atomic E-state index is 0.0975. The molecular formula is C17H38N4O. The highest BCUT2D eigenvalue weighted by molar-refractivity contribution is 5.76. The third-order valence-electron chi connectivity index (χ3n) is 3.39. The van der Waals surface area contributed by atoms with Crippen molar-refractivity contribution in [3.8, 4) is 0 Å². The molecule has 0 aromatic heterocycles. The van der Waals surface area contributed by atoms with Crippen LogP contribution in [0.15, 0.2) is 0 Å². The fraction of sp³-hybridized carbons (Fsp3) is 0.941. The van der Waals surface area contributed by atoms with E-state index in [1.807, 2.05) is 0 Å². The summed E-state index contributed by atoms with van der Waals surface area (Å²) in [6.07, 6.45) is 0.538. The molecule has 0 aliphatic carbocycles. The Labute approximate surface area is 137 Å². The predicted octanol–water partition coefficient (Wildman–Crippen LogP) is 1.26. The molecule has 0 rings (SSSR count). The van der Waals surface area contributed by atoms with Gasteiger partial charge in [-0.2, -0.15) is 0 Å². The molecule has 1 amide bonds. The van der Waals surface area contributed by atoms with Crippen LogP contribution in [0.25, 0.3) is 0 Å². The SMILES string of the molecule is CN(C)CC(C)(C)CNCCC(=O)NCC(C)(C)CN(C)C. The van der Waals surface area contributed by atoms with E-state index in [9.17, 15) is 4.79 Å². The van der Waals surface area contributed by atoms with Crippen LogP contribution < -0.4 is 10.6 Å². The van der Waals surface area contributed by atoms with Gasteiger partial charge in [0.05, 0.1) is 0 Å². The van der Waals surface area contributed by atoms with Crippen molar-refractivity contribution in [2.75, 3.05) is 60.9 Å². The quantitative estimate of drug-likeness (QED) is 0.564. The van der Waals surface area contributed by atoms with Crippen LogP contribution in [0.5, 0.6) is 0 Å². The van der Waals surface area contributed by atoms with E-state index >= 15 is 0 Å². The zero-order valence-corrected chi connectivity index (χ0v) is 16.0. The van der Waals surface area contributed by atoms with E-state index in [-0.39, 0.29) is 16.7 Å². The summed E-state index contributed by atoms with van der Waals surface area (Å²) in [4.78, 5) is 16.3. The molecule has 0 spiro atoms. The number of amides is 1. The summed E-state index contributed by atoms with van der Waals surface area (Å²) in [5, 5.41) is 6.44. The lowest BCUT2D eigenvalue weighted by Gasteiger charge is -2.29. The molecule has 0 bridgehead atoms. The molecule has 0 atom stereocenters. The average molecular weight is 315 g/mol. The summed E-state index contributed by atoms with van der Waals surface area (Å²) in [5.41, 5.74) is 0.313. The number of carbonyl (C=O) groups is 1. The minimum Gasteiger partial charge on any atom is -0.355 e. The number of hydrogen-bond donors (Lipinski definition) is 2. The number of carbonyl (C=O) groups excluding carboxylic acids is 1. The van der Waals surface area contributed by atoms with Crippen molar-refractivity contribution in [2.45, 2.75) is 34.1 Å². The highest BCUT2D eigenvalue weighted by Gasteiger charge is 2.20. The molecule has 132 valence electrons. The van der Waals surface area contributed by atoms with Crippen LogP contribution in [0.3, 0.4) is 0 Å². The molecule has 5 nitrogen and oxygen atoms in total. The summed E-state index contributed by atoms with van der Waals surface area (Å²) in [6.45, 7) is 13.2. The van der Waals surface area contributed by atoms with Crippen LogP contribution in [0.4, 0.5) is 0 Å². The third kappa shape index (κ3) is 12.0. The van der Waals surface area contributed by atoms with Crippen LogP contribution in [-0.2, 0) is 4.79 Å². The molecule has 0 aliphatic rings. The zero-order chi connectivity index (χ0) is 17.4. The summed E-state index contributed by atoms with van der Waals surface area (Å²) >= 11 is 0. The molecule has 0 fully saturated rings. The van der Waals surface area contributed by atoms with Crippen LogP contribution in [0.1, 0.15) is 34.1 Å². The van der Waals surface area contributed by atoms with E-state index in [1.165, 1.54) is 0 Å². The summed E-state index contributed by atoms with van der Waals surface area (Å²) < 4.78 is 0. The predicted molar refractivity (Wildman–Crippen MR) is 95.2 cm³/mol. The highest BCUT2D eigenvalue weighted by Crippen LogP contribution is 2.15. The van der Waals surface area contributed by atoms with Gasteiger partial charge in [-0.3, -0.25) is 4.79 Å². The highest BCUT2D eigenvalue weighted by atomic mass is 16.1. The molecule has 0 unspecified atom stereocenters. The normalized spacial score (nSPS) is 13.0. The average Bonchev–Trinajstić information content (AvgIpc) is 2.29. The zero-order valence-electron chi connectivity index (χ0n) is 16.0. The molecule has 0 saturated carbocycles. The first-order valence-electron chi connectivity index (χ1n) is 8.20. The Morgan fingerprint density at radius 2 is 1.32 bits per heavy atom. The summed E-state index contributed by atoms with van der Waals surface area (Å²) in [7, 11) is 8.29. The lowest BCUT2D eigenvalue weighted by atomic mass is 9.93. The number of rotatable bonds is 11. The first kappa shape index (κ1) is 21.4. The first-order chi connectivity index (χ1) is 9.93. The summed E-state index contributed by atoms with van der Waals surface area (Å²) in [5.74, 6) is 0.129. The van der Waals surface area contributed by atoms with Crippen LogP contribution in [0.2, 0.25) is 0 Å². The second-order valence-corrected chi connectivity index (χ2v) is 8.51. The molecule has 5 heteroatoms.